The molecule has 1 heterocycles. The zero-order chi connectivity index (χ0) is 21.0. The van der Waals surface area contributed by atoms with Crippen molar-refractivity contribution in [1.29, 1.82) is 0 Å². The first-order valence-electron chi connectivity index (χ1n) is 8.58. The summed E-state index contributed by atoms with van der Waals surface area (Å²) >= 11 is 0. The molecule has 0 bridgehead atoms. The molecule has 0 aliphatic heterocycles. The van der Waals surface area contributed by atoms with Crippen molar-refractivity contribution >= 4 is 11.6 Å². The van der Waals surface area contributed by atoms with E-state index in [-0.39, 0.29) is 17.4 Å². The third kappa shape index (κ3) is 5.28. The van der Waals surface area contributed by atoms with Crippen LogP contribution in [0.2, 0.25) is 0 Å². The highest BCUT2D eigenvalue weighted by molar-refractivity contribution is 5.61. The molecular weight excluding hydrogens is 387 g/mol. The first-order chi connectivity index (χ1) is 13.7. The van der Waals surface area contributed by atoms with Crippen LogP contribution < -0.4 is 20.3 Å². The van der Waals surface area contributed by atoms with Gasteiger partial charge in [0, 0.05) is 11.8 Å². The summed E-state index contributed by atoms with van der Waals surface area (Å²) in [4.78, 5) is 16.1. The normalized spacial score (nSPS) is 11.2. The Morgan fingerprint density at radius 2 is 1.86 bits per heavy atom. The molecule has 0 spiro atoms. The number of ether oxygens (including phenoxy) is 2. The van der Waals surface area contributed by atoms with Crippen LogP contribution in [0.15, 0.2) is 59.5 Å². The van der Waals surface area contributed by atoms with Crippen molar-refractivity contribution in [3.05, 3.63) is 76.2 Å². The maximum atomic E-state index is 12.5. The third-order valence-electron chi connectivity index (χ3n) is 4.07. The van der Waals surface area contributed by atoms with Crippen molar-refractivity contribution < 1.29 is 22.6 Å². The lowest BCUT2D eigenvalue weighted by atomic mass is 10.2. The van der Waals surface area contributed by atoms with E-state index in [0.717, 1.165) is 5.56 Å². The zero-order valence-corrected chi connectivity index (χ0v) is 15.7. The van der Waals surface area contributed by atoms with E-state index < -0.39 is 11.9 Å². The Morgan fingerprint density at radius 1 is 1.14 bits per heavy atom. The number of halogens is 3. The molecule has 0 amide bonds. The van der Waals surface area contributed by atoms with Gasteiger partial charge in [-0.05, 0) is 24.1 Å². The number of hydrogen-bond donors (Lipinski definition) is 1. The number of rotatable bonds is 6. The molecule has 0 aliphatic carbocycles. The predicted octanol–water partition coefficient (Wildman–Crippen LogP) is 4.25. The lowest BCUT2D eigenvalue weighted by molar-refractivity contribution is -0.274. The number of anilines is 2. The van der Waals surface area contributed by atoms with Gasteiger partial charge in [-0.25, -0.2) is 0 Å². The molecule has 2 aromatic carbocycles. The van der Waals surface area contributed by atoms with E-state index in [4.69, 9.17) is 4.74 Å². The largest absolute Gasteiger partial charge is 0.573 e. The highest BCUT2D eigenvalue weighted by Crippen LogP contribution is 2.29. The van der Waals surface area contributed by atoms with E-state index in [1.165, 1.54) is 31.5 Å². The molecule has 1 aromatic heterocycles. The number of nitrogens with zero attached hydrogens (tertiary/aromatic N) is 2. The summed E-state index contributed by atoms with van der Waals surface area (Å²) in [7, 11) is 1.36. The lowest BCUT2D eigenvalue weighted by Gasteiger charge is -2.17. The summed E-state index contributed by atoms with van der Waals surface area (Å²) < 4.78 is 48.3. The first kappa shape index (κ1) is 20.2. The second kappa shape index (κ2) is 8.26. The van der Waals surface area contributed by atoms with Crippen LogP contribution in [0.3, 0.4) is 0 Å². The fourth-order valence-electron chi connectivity index (χ4n) is 2.67. The Morgan fingerprint density at radius 3 is 2.52 bits per heavy atom. The highest BCUT2D eigenvalue weighted by atomic mass is 19.4. The molecule has 152 valence electrons. The Hall–Kier alpha value is -3.49. The number of methoxy groups -OCH3 is 1. The summed E-state index contributed by atoms with van der Waals surface area (Å²) in [5, 5.41) is 2.93. The van der Waals surface area contributed by atoms with Gasteiger partial charge in [-0.3, -0.25) is 4.79 Å². The van der Waals surface area contributed by atoms with E-state index in [2.05, 4.69) is 15.0 Å². The average Bonchev–Trinajstić information content (AvgIpc) is 2.66. The third-order valence-corrected chi connectivity index (χ3v) is 4.07. The fraction of sp³-hybridized carbons (Fsp3) is 0.200. The van der Waals surface area contributed by atoms with Gasteiger partial charge in [-0.15, -0.1) is 13.2 Å². The summed E-state index contributed by atoms with van der Waals surface area (Å²) in [5.41, 5.74) is 1.31. The van der Waals surface area contributed by atoms with E-state index in [0.29, 0.717) is 17.8 Å². The molecule has 0 saturated heterocycles. The van der Waals surface area contributed by atoms with Gasteiger partial charge in [0.15, 0.2) is 0 Å². The van der Waals surface area contributed by atoms with Crippen LogP contribution in [-0.4, -0.2) is 23.0 Å². The van der Waals surface area contributed by atoms with Crippen LogP contribution in [0.25, 0.3) is 0 Å². The number of aromatic nitrogens is 2. The number of aryl methyl sites for hydroxylation is 1. The van der Waals surface area contributed by atoms with Gasteiger partial charge >= 0.3 is 11.9 Å². The molecule has 0 unspecified atom stereocenters. The topological polar surface area (TPSA) is 65.4 Å². The second-order valence-electron chi connectivity index (χ2n) is 6.20. The Balaban J connectivity index is 1.99. The van der Waals surface area contributed by atoms with E-state index in [1.54, 1.807) is 11.5 Å². The van der Waals surface area contributed by atoms with Crippen LogP contribution in [0.4, 0.5) is 24.8 Å². The number of nitrogens with one attached hydrogen (secondary N) is 1. The SMILES string of the molecule is COc1cn(Cc2ccccc2)c(Nc2cc(OC(F)(F)F)ccc2C)nc1=O. The van der Waals surface area contributed by atoms with Crippen molar-refractivity contribution in [3.8, 4) is 11.5 Å². The molecule has 9 heteroatoms. The lowest BCUT2D eigenvalue weighted by Crippen LogP contribution is -2.19. The number of benzene rings is 2. The van der Waals surface area contributed by atoms with Crippen molar-refractivity contribution in [2.24, 2.45) is 0 Å². The molecule has 0 saturated carbocycles. The van der Waals surface area contributed by atoms with Crippen LogP contribution in [0.1, 0.15) is 11.1 Å². The maximum Gasteiger partial charge on any atom is 0.573 e. The van der Waals surface area contributed by atoms with Crippen LogP contribution in [0.5, 0.6) is 11.5 Å². The molecular formula is C20H18F3N3O3. The van der Waals surface area contributed by atoms with Gasteiger partial charge in [0.05, 0.1) is 19.9 Å². The predicted molar refractivity (Wildman–Crippen MR) is 102 cm³/mol. The number of hydrogen-bond acceptors (Lipinski definition) is 5. The minimum atomic E-state index is -4.81. The van der Waals surface area contributed by atoms with Crippen LogP contribution in [0, 0.1) is 6.92 Å². The second-order valence-corrected chi connectivity index (χ2v) is 6.20. The molecule has 29 heavy (non-hydrogen) atoms. The average molecular weight is 405 g/mol. The van der Waals surface area contributed by atoms with Crippen LogP contribution >= 0.6 is 0 Å². The molecule has 0 aliphatic rings. The van der Waals surface area contributed by atoms with E-state index in [9.17, 15) is 18.0 Å². The fourth-order valence-corrected chi connectivity index (χ4v) is 2.67. The summed E-state index contributed by atoms with van der Waals surface area (Å²) in [5.74, 6) is -0.166. The van der Waals surface area contributed by atoms with Gasteiger partial charge in [-0.2, -0.15) is 4.98 Å². The molecule has 1 N–H and O–H groups in total. The molecule has 3 rings (SSSR count). The van der Waals surface area contributed by atoms with Gasteiger partial charge in [0.1, 0.15) is 5.75 Å². The van der Waals surface area contributed by atoms with Gasteiger partial charge in [0.25, 0.3) is 0 Å². The van der Waals surface area contributed by atoms with Crippen molar-refractivity contribution in [3.63, 3.8) is 0 Å². The van der Waals surface area contributed by atoms with Gasteiger partial charge in [0.2, 0.25) is 11.7 Å². The van der Waals surface area contributed by atoms with Gasteiger partial charge in [-0.1, -0.05) is 36.4 Å². The number of alkyl halides is 3. The van der Waals surface area contributed by atoms with E-state index in [1.807, 2.05) is 30.3 Å². The summed E-state index contributed by atoms with van der Waals surface area (Å²) in [6, 6.07) is 13.3. The molecule has 6 nitrogen and oxygen atoms in total. The summed E-state index contributed by atoms with van der Waals surface area (Å²) in [6.07, 6.45) is -3.31. The minimum Gasteiger partial charge on any atom is -0.490 e. The maximum absolute atomic E-state index is 12.5. The van der Waals surface area contributed by atoms with E-state index >= 15 is 0 Å². The quantitative estimate of drug-likeness (QED) is 0.664. The molecule has 0 fully saturated rings. The monoisotopic (exact) mass is 405 g/mol. The molecule has 0 atom stereocenters. The molecule has 0 radical (unpaired) electrons. The van der Waals surface area contributed by atoms with Crippen LogP contribution in [-0.2, 0) is 6.54 Å². The van der Waals surface area contributed by atoms with Crippen molar-refractivity contribution in [2.45, 2.75) is 19.8 Å². The van der Waals surface area contributed by atoms with Crippen molar-refractivity contribution in [2.75, 3.05) is 12.4 Å². The Kier molecular flexibility index (Phi) is 5.76. The van der Waals surface area contributed by atoms with Gasteiger partial charge < -0.3 is 19.4 Å². The smallest absolute Gasteiger partial charge is 0.490 e. The van der Waals surface area contributed by atoms with Crippen molar-refractivity contribution in [1.82, 2.24) is 9.55 Å². The standard InChI is InChI=1S/C20H18F3N3O3/c1-13-8-9-15(29-20(21,22)23)10-16(13)24-19-25-18(27)17(28-2)12-26(19)11-14-6-4-3-5-7-14/h3-10,12H,11H2,1-2H3,(H,24,25,27). The Labute approximate surface area is 164 Å². The minimum absolute atomic E-state index is 0.0531. The molecule has 3 aromatic rings. The Bertz CT molecular complexity index is 1050. The first-order valence-corrected chi connectivity index (χ1v) is 8.58. The highest BCUT2D eigenvalue weighted by Gasteiger charge is 2.31. The zero-order valence-electron chi connectivity index (χ0n) is 15.7. The summed E-state index contributed by atoms with van der Waals surface area (Å²) in [6.45, 7) is 2.08.